The van der Waals surface area contributed by atoms with E-state index in [1.165, 1.54) is 4.31 Å². The topological polar surface area (TPSA) is 87.8 Å². The first-order chi connectivity index (χ1) is 8.42. The molecule has 114 valence electrons. The van der Waals surface area contributed by atoms with Crippen LogP contribution in [-0.4, -0.2) is 50.6 Å². The lowest BCUT2D eigenvalue weighted by molar-refractivity contribution is 0.445. The maximum atomic E-state index is 11.5. The molecule has 0 bridgehead atoms. The van der Waals surface area contributed by atoms with Crippen LogP contribution < -0.4 is 11.1 Å². The molecule has 8 heteroatoms. The largest absolute Gasteiger partial charge is 0.370 e. The third kappa shape index (κ3) is 7.31. The number of nitrogens with one attached hydrogen (secondary N) is 1. The predicted octanol–water partition coefficient (Wildman–Crippen LogP) is 0.590. The number of halogens is 1. The lowest BCUT2D eigenvalue weighted by Gasteiger charge is -2.14. The zero-order chi connectivity index (χ0) is 13.6. The minimum absolute atomic E-state index is 0. The van der Waals surface area contributed by atoms with Crippen molar-refractivity contribution in [2.75, 3.05) is 31.9 Å². The van der Waals surface area contributed by atoms with Gasteiger partial charge in [-0.15, -0.1) is 24.0 Å². The first kappa shape index (κ1) is 18.9. The molecule has 0 atom stereocenters. The van der Waals surface area contributed by atoms with Gasteiger partial charge in [0.1, 0.15) is 0 Å². The van der Waals surface area contributed by atoms with Gasteiger partial charge in [-0.25, -0.2) is 12.7 Å². The zero-order valence-corrected chi connectivity index (χ0v) is 14.8. The molecule has 0 unspecified atom stereocenters. The second-order valence-corrected chi connectivity index (χ2v) is 7.03. The lowest BCUT2D eigenvalue weighted by Crippen LogP contribution is -2.39. The molecular formula is C11H25IN4O2S. The van der Waals surface area contributed by atoms with Crippen molar-refractivity contribution in [3.8, 4) is 0 Å². The van der Waals surface area contributed by atoms with Crippen LogP contribution >= 0.6 is 24.0 Å². The Morgan fingerprint density at radius 3 is 2.68 bits per heavy atom. The fraction of sp³-hybridized carbons (Fsp3) is 0.909. The summed E-state index contributed by atoms with van der Waals surface area (Å²) in [6, 6.07) is 0. The Balaban J connectivity index is 0.00000324. The lowest BCUT2D eigenvalue weighted by atomic mass is 10.1. The minimum Gasteiger partial charge on any atom is -0.370 e. The van der Waals surface area contributed by atoms with Crippen LogP contribution in [-0.2, 0) is 10.0 Å². The van der Waals surface area contributed by atoms with Crippen molar-refractivity contribution in [2.24, 2.45) is 16.6 Å². The highest BCUT2D eigenvalue weighted by Crippen LogP contribution is 2.11. The summed E-state index contributed by atoms with van der Waals surface area (Å²) < 4.78 is 24.5. The molecule has 0 aromatic rings. The third-order valence-corrected chi connectivity index (χ3v) is 4.82. The first-order valence-corrected chi connectivity index (χ1v) is 8.04. The maximum Gasteiger partial charge on any atom is 0.214 e. The SMILES string of the molecule is CC(C)CCN=C(N)NCCN1CCCS1(=O)=O.I. The molecule has 0 aromatic heterocycles. The van der Waals surface area contributed by atoms with E-state index in [4.69, 9.17) is 5.73 Å². The molecule has 1 rings (SSSR count). The van der Waals surface area contributed by atoms with Crippen LogP contribution in [0.5, 0.6) is 0 Å². The Bertz CT molecular complexity index is 384. The second-order valence-electron chi connectivity index (χ2n) is 4.94. The van der Waals surface area contributed by atoms with Gasteiger partial charge in [-0.1, -0.05) is 13.8 Å². The van der Waals surface area contributed by atoms with Gasteiger partial charge in [0, 0.05) is 26.2 Å². The summed E-state index contributed by atoms with van der Waals surface area (Å²) in [6.07, 6.45) is 1.73. The van der Waals surface area contributed by atoms with E-state index in [-0.39, 0.29) is 29.7 Å². The van der Waals surface area contributed by atoms with E-state index in [1.807, 2.05) is 0 Å². The van der Waals surface area contributed by atoms with Crippen LogP contribution in [0.25, 0.3) is 0 Å². The highest BCUT2D eigenvalue weighted by Gasteiger charge is 2.27. The molecular weight excluding hydrogens is 379 g/mol. The van der Waals surface area contributed by atoms with Gasteiger partial charge in [0.25, 0.3) is 0 Å². The van der Waals surface area contributed by atoms with Crippen molar-refractivity contribution in [3.05, 3.63) is 0 Å². The number of sulfonamides is 1. The van der Waals surface area contributed by atoms with E-state index >= 15 is 0 Å². The molecule has 19 heavy (non-hydrogen) atoms. The average molecular weight is 404 g/mol. The van der Waals surface area contributed by atoms with Crippen molar-refractivity contribution in [1.29, 1.82) is 0 Å². The van der Waals surface area contributed by atoms with Gasteiger partial charge in [-0.2, -0.15) is 0 Å². The molecule has 0 aliphatic carbocycles. The molecule has 1 aliphatic rings. The van der Waals surface area contributed by atoms with Crippen molar-refractivity contribution in [1.82, 2.24) is 9.62 Å². The third-order valence-electron chi connectivity index (χ3n) is 2.86. The van der Waals surface area contributed by atoms with Gasteiger partial charge in [-0.05, 0) is 18.8 Å². The van der Waals surface area contributed by atoms with Crippen LogP contribution in [0, 0.1) is 5.92 Å². The Morgan fingerprint density at radius 1 is 1.47 bits per heavy atom. The number of hydrogen-bond acceptors (Lipinski definition) is 3. The van der Waals surface area contributed by atoms with Crippen LogP contribution in [0.3, 0.4) is 0 Å². The smallest absolute Gasteiger partial charge is 0.214 e. The molecule has 1 fully saturated rings. The Labute approximate surface area is 133 Å². The Morgan fingerprint density at radius 2 is 2.16 bits per heavy atom. The predicted molar refractivity (Wildman–Crippen MR) is 89.3 cm³/mol. The molecule has 6 nitrogen and oxygen atoms in total. The van der Waals surface area contributed by atoms with Gasteiger partial charge >= 0.3 is 0 Å². The Kier molecular flexibility index (Phi) is 8.92. The zero-order valence-electron chi connectivity index (χ0n) is 11.6. The van der Waals surface area contributed by atoms with E-state index in [0.717, 1.165) is 12.8 Å². The number of nitrogens with zero attached hydrogens (tertiary/aromatic N) is 2. The quantitative estimate of drug-likeness (QED) is 0.386. The number of aliphatic imine (C=N–C) groups is 1. The van der Waals surface area contributed by atoms with Crippen LogP contribution in [0.1, 0.15) is 26.7 Å². The summed E-state index contributed by atoms with van der Waals surface area (Å²) in [5.74, 6) is 1.27. The van der Waals surface area contributed by atoms with E-state index < -0.39 is 10.0 Å². The summed E-state index contributed by atoms with van der Waals surface area (Å²) in [7, 11) is -3.00. The highest BCUT2D eigenvalue weighted by atomic mass is 127. The summed E-state index contributed by atoms with van der Waals surface area (Å²) >= 11 is 0. The Hall–Kier alpha value is -0.0900. The van der Waals surface area contributed by atoms with Crippen LogP contribution in [0.2, 0.25) is 0 Å². The minimum atomic E-state index is -3.00. The molecule has 0 radical (unpaired) electrons. The van der Waals surface area contributed by atoms with Crippen LogP contribution in [0.4, 0.5) is 0 Å². The number of guanidine groups is 1. The van der Waals surface area contributed by atoms with E-state index in [0.29, 0.717) is 38.1 Å². The molecule has 1 heterocycles. The van der Waals surface area contributed by atoms with Gasteiger partial charge in [-0.3, -0.25) is 4.99 Å². The summed E-state index contributed by atoms with van der Waals surface area (Å²) in [5, 5.41) is 2.94. The monoisotopic (exact) mass is 404 g/mol. The number of hydrogen-bond donors (Lipinski definition) is 2. The normalized spacial score (nSPS) is 19.4. The van der Waals surface area contributed by atoms with Crippen molar-refractivity contribution >= 4 is 40.0 Å². The first-order valence-electron chi connectivity index (χ1n) is 6.43. The van der Waals surface area contributed by atoms with E-state index in [2.05, 4.69) is 24.2 Å². The van der Waals surface area contributed by atoms with Gasteiger partial charge in [0.05, 0.1) is 5.75 Å². The molecule has 3 N–H and O–H groups in total. The molecule has 1 saturated heterocycles. The molecule has 0 spiro atoms. The number of nitrogens with two attached hydrogens (primary N) is 1. The van der Waals surface area contributed by atoms with Crippen molar-refractivity contribution < 1.29 is 8.42 Å². The summed E-state index contributed by atoms with van der Waals surface area (Å²) in [5.41, 5.74) is 5.68. The molecule has 1 aliphatic heterocycles. The molecule has 0 amide bonds. The van der Waals surface area contributed by atoms with E-state index in [1.54, 1.807) is 0 Å². The highest BCUT2D eigenvalue weighted by molar-refractivity contribution is 14.0. The molecule has 0 aromatic carbocycles. The van der Waals surface area contributed by atoms with E-state index in [9.17, 15) is 8.42 Å². The standard InChI is InChI=1S/C11H24N4O2S.HI/c1-10(2)4-5-13-11(12)14-6-8-15-7-3-9-18(15,16)17;/h10H,3-9H2,1-2H3,(H3,12,13,14);1H. The van der Waals surface area contributed by atoms with Crippen LogP contribution in [0.15, 0.2) is 4.99 Å². The van der Waals surface area contributed by atoms with Crippen molar-refractivity contribution in [3.63, 3.8) is 0 Å². The number of rotatable bonds is 6. The second kappa shape index (κ2) is 8.96. The van der Waals surface area contributed by atoms with Crippen molar-refractivity contribution in [2.45, 2.75) is 26.7 Å². The summed E-state index contributed by atoms with van der Waals surface area (Å²) in [4.78, 5) is 4.18. The summed E-state index contributed by atoms with van der Waals surface area (Å²) in [6.45, 7) is 6.57. The fourth-order valence-corrected chi connectivity index (χ4v) is 3.28. The van der Waals surface area contributed by atoms with Gasteiger partial charge in [0.15, 0.2) is 5.96 Å². The average Bonchev–Trinajstić information content (AvgIpc) is 2.58. The van der Waals surface area contributed by atoms with Gasteiger partial charge < -0.3 is 11.1 Å². The maximum absolute atomic E-state index is 11.5. The van der Waals surface area contributed by atoms with Gasteiger partial charge in [0.2, 0.25) is 10.0 Å². The fourth-order valence-electron chi connectivity index (χ4n) is 1.75. The molecule has 0 saturated carbocycles.